The van der Waals surface area contributed by atoms with E-state index in [1.54, 1.807) is 7.05 Å². The van der Waals surface area contributed by atoms with Crippen molar-refractivity contribution in [3.8, 4) is 0 Å². The van der Waals surface area contributed by atoms with Crippen molar-refractivity contribution in [1.29, 1.82) is 0 Å². The first-order valence-electron chi connectivity index (χ1n) is 6.39. The van der Waals surface area contributed by atoms with Crippen LogP contribution in [0.1, 0.15) is 33.6 Å². The molecule has 0 amide bonds. The van der Waals surface area contributed by atoms with E-state index in [-0.39, 0.29) is 35.8 Å². The highest BCUT2D eigenvalue weighted by Crippen LogP contribution is 1.97. The van der Waals surface area contributed by atoms with Crippen LogP contribution < -0.4 is 10.6 Å². The Balaban J connectivity index is 0. The van der Waals surface area contributed by atoms with Gasteiger partial charge in [-0.15, -0.1) is 24.0 Å². The lowest BCUT2D eigenvalue weighted by atomic mass is 10.1. The number of rotatable bonds is 7. The molecule has 0 saturated carbocycles. The molecule has 0 aliphatic carbocycles. The minimum absolute atomic E-state index is 0. The molecule has 0 spiro atoms. The second-order valence-corrected chi connectivity index (χ2v) is 7.41. The van der Waals surface area contributed by atoms with Gasteiger partial charge in [-0.1, -0.05) is 13.8 Å². The van der Waals surface area contributed by atoms with Gasteiger partial charge in [0.25, 0.3) is 0 Å². The molecule has 0 heterocycles. The van der Waals surface area contributed by atoms with Gasteiger partial charge in [-0.3, -0.25) is 4.99 Å². The minimum atomic E-state index is -2.89. The number of hydrogen-bond donors (Lipinski definition) is 2. The minimum Gasteiger partial charge on any atom is -0.356 e. The van der Waals surface area contributed by atoms with Gasteiger partial charge < -0.3 is 10.6 Å². The maximum Gasteiger partial charge on any atom is 0.191 e. The summed E-state index contributed by atoms with van der Waals surface area (Å²) in [6.45, 7) is 7.18. The van der Waals surface area contributed by atoms with Gasteiger partial charge in [0.15, 0.2) is 5.96 Å². The molecule has 0 radical (unpaired) electrons. The second kappa shape index (κ2) is 10.7. The van der Waals surface area contributed by atoms with Crippen molar-refractivity contribution in [2.75, 3.05) is 25.6 Å². The maximum atomic E-state index is 11.1. The van der Waals surface area contributed by atoms with Crippen LogP contribution in [0, 0.1) is 5.92 Å². The van der Waals surface area contributed by atoms with Crippen LogP contribution in [0.4, 0.5) is 0 Å². The molecule has 0 aromatic carbocycles. The first-order chi connectivity index (χ1) is 8.24. The SMILES string of the molecule is CN=C(NCCC(C)C)NC(C)CCS(C)(=O)=O.I. The van der Waals surface area contributed by atoms with Gasteiger partial charge in [0.1, 0.15) is 9.84 Å². The van der Waals surface area contributed by atoms with E-state index >= 15 is 0 Å². The number of aliphatic imine (C=N–C) groups is 1. The molecule has 0 bridgehead atoms. The zero-order valence-electron chi connectivity index (χ0n) is 12.6. The molecule has 0 fully saturated rings. The fourth-order valence-corrected chi connectivity index (χ4v) is 2.15. The van der Waals surface area contributed by atoms with E-state index in [0.717, 1.165) is 18.9 Å². The normalized spacial score (nSPS) is 13.9. The molecule has 0 saturated heterocycles. The Morgan fingerprint density at radius 2 is 1.79 bits per heavy atom. The Bertz CT molecular complexity index is 356. The van der Waals surface area contributed by atoms with Crippen molar-refractivity contribution in [2.45, 2.75) is 39.7 Å². The van der Waals surface area contributed by atoms with Crippen LogP contribution in [-0.4, -0.2) is 46.0 Å². The quantitative estimate of drug-likeness (QED) is 0.384. The first kappa shape index (κ1) is 21.3. The highest BCUT2D eigenvalue weighted by atomic mass is 127. The van der Waals surface area contributed by atoms with Crippen molar-refractivity contribution in [1.82, 2.24) is 10.6 Å². The molecule has 0 aromatic heterocycles. The fourth-order valence-electron chi connectivity index (χ4n) is 1.37. The summed E-state index contributed by atoms with van der Waals surface area (Å²) in [5, 5.41) is 6.41. The van der Waals surface area contributed by atoms with Crippen molar-refractivity contribution >= 4 is 39.8 Å². The van der Waals surface area contributed by atoms with E-state index in [4.69, 9.17) is 0 Å². The maximum absolute atomic E-state index is 11.1. The van der Waals surface area contributed by atoms with E-state index < -0.39 is 9.84 Å². The molecule has 19 heavy (non-hydrogen) atoms. The van der Waals surface area contributed by atoms with Crippen LogP contribution in [0.15, 0.2) is 4.99 Å². The summed E-state index contributed by atoms with van der Waals surface area (Å²) in [5.74, 6) is 1.58. The summed E-state index contributed by atoms with van der Waals surface area (Å²) in [4.78, 5) is 4.11. The summed E-state index contributed by atoms with van der Waals surface area (Å²) in [5.41, 5.74) is 0. The molecule has 0 rings (SSSR count). The zero-order chi connectivity index (χ0) is 14.2. The van der Waals surface area contributed by atoms with Crippen molar-refractivity contribution in [3.05, 3.63) is 0 Å². The molecular formula is C12H28IN3O2S. The molecule has 2 N–H and O–H groups in total. The van der Waals surface area contributed by atoms with Gasteiger partial charge in [0, 0.05) is 25.9 Å². The summed E-state index contributed by atoms with van der Waals surface area (Å²) in [7, 11) is -1.17. The van der Waals surface area contributed by atoms with Gasteiger partial charge in [-0.2, -0.15) is 0 Å². The lowest BCUT2D eigenvalue weighted by Crippen LogP contribution is -2.43. The Morgan fingerprint density at radius 3 is 2.21 bits per heavy atom. The van der Waals surface area contributed by atoms with Gasteiger partial charge in [0.05, 0.1) is 5.75 Å². The summed E-state index contributed by atoms with van der Waals surface area (Å²) in [6, 6.07) is 0.0879. The molecular weight excluding hydrogens is 377 g/mol. The van der Waals surface area contributed by atoms with E-state index in [9.17, 15) is 8.42 Å². The molecule has 0 aromatic rings. The topological polar surface area (TPSA) is 70.6 Å². The third-order valence-electron chi connectivity index (χ3n) is 2.54. The van der Waals surface area contributed by atoms with Crippen molar-refractivity contribution < 1.29 is 8.42 Å². The lowest BCUT2D eigenvalue weighted by molar-refractivity contribution is 0.560. The molecule has 1 unspecified atom stereocenters. The van der Waals surface area contributed by atoms with Gasteiger partial charge in [-0.05, 0) is 25.7 Å². The Morgan fingerprint density at radius 1 is 1.21 bits per heavy atom. The predicted molar refractivity (Wildman–Crippen MR) is 93.2 cm³/mol. The smallest absolute Gasteiger partial charge is 0.191 e. The average molecular weight is 405 g/mol. The Labute approximate surface area is 135 Å². The van der Waals surface area contributed by atoms with Crippen molar-refractivity contribution in [2.24, 2.45) is 10.9 Å². The van der Waals surface area contributed by atoms with Crippen LogP contribution in [0.3, 0.4) is 0 Å². The number of nitrogens with one attached hydrogen (secondary N) is 2. The van der Waals surface area contributed by atoms with Crippen molar-refractivity contribution in [3.63, 3.8) is 0 Å². The third-order valence-corrected chi connectivity index (χ3v) is 3.52. The molecule has 0 aliphatic rings. The van der Waals surface area contributed by atoms with Gasteiger partial charge in [-0.25, -0.2) is 8.42 Å². The van der Waals surface area contributed by atoms with Crippen LogP contribution in [0.5, 0.6) is 0 Å². The highest BCUT2D eigenvalue weighted by Gasteiger charge is 2.09. The molecule has 1 atom stereocenters. The van der Waals surface area contributed by atoms with Crippen LogP contribution >= 0.6 is 24.0 Å². The lowest BCUT2D eigenvalue weighted by Gasteiger charge is -2.18. The number of hydrogen-bond acceptors (Lipinski definition) is 3. The molecule has 5 nitrogen and oxygen atoms in total. The molecule has 0 aliphatic heterocycles. The zero-order valence-corrected chi connectivity index (χ0v) is 15.7. The second-order valence-electron chi connectivity index (χ2n) is 5.15. The van der Waals surface area contributed by atoms with E-state index in [0.29, 0.717) is 12.3 Å². The largest absolute Gasteiger partial charge is 0.356 e. The number of nitrogens with zero attached hydrogens (tertiary/aromatic N) is 1. The summed E-state index contributed by atoms with van der Waals surface area (Å²) in [6.07, 6.45) is 2.93. The van der Waals surface area contributed by atoms with Crippen LogP contribution in [0.25, 0.3) is 0 Å². The monoisotopic (exact) mass is 405 g/mol. The fraction of sp³-hybridized carbons (Fsp3) is 0.917. The van der Waals surface area contributed by atoms with E-state index in [2.05, 4.69) is 29.5 Å². The van der Waals surface area contributed by atoms with E-state index in [1.165, 1.54) is 6.26 Å². The average Bonchev–Trinajstić information content (AvgIpc) is 2.23. The first-order valence-corrected chi connectivity index (χ1v) is 8.45. The third kappa shape index (κ3) is 14.2. The molecule has 116 valence electrons. The Hall–Kier alpha value is -0.0500. The summed E-state index contributed by atoms with van der Waals surface area (Å²) >= 11 is 0. The van der Waals surface area contributed by atoms with Gasteiger partial charge >= 0.3 is 0 Å². The predicted octanol–water partition coefficient (Wildman–Crippen LogP) is 1.64. The summed E-state index contributed by atoms with van der Waals surface area (Å²) < 4.78 is 22.1. The van der Waals surface area contributed by atoms with Crippen LogP contribution in [-0.2, 0) is 9.84 Å². The number of halogens is 1. The van der Waals surface area contributed by atoms with E-state index in [1.807, 2.05) is 6.92 Å². The standard InChI is InChI=1S/C12H27N3O2S.HI/c1-10(2)6-8-14-12(13-4)15-11(3)7-9-18(5,16)17;/h10-11H,6-9H2,1-5H3,(H2,13,14,15);1H. The number of guanidine groups is 1. The van der Waals surface area contributed by atoms with Crippen LogP contribution in [0.2, 0.25) is 0 Å². The highest BCUT2D eigenvalue weighted by molar-refractivity contribution is 14.0. The number of sulfone groups is 1. The Kier molecular flexibility index (Phi) is 12.0. The van der Waals surface area contributed by atoms with Gasteiger partial charge in [0.2, 0.25) is 0 Å². The molecule has 7 heteroatoms.